The highest BCUT2D eigenvalue weighted by atomic mass is 19.3. The average molecular weight is 515 g/mol. The number of aryl methyl sites for hydroxylation is 1. The summed E-state index contributed by atoms with van der Waals surface area (Å²) in [5.41, 5.74) is -0.590. The summed E-state index contributed by atoms with van der Waals surface area (Å²) in [6.07, 6.45) is -4.82. The van der Waals surface area contributed by atoms with Crippen LogP contribution in [0.4, 0.5) is 22.0 Å². The number of aromatic nitrogens is 4. The molecule has 0 bridgehead atoms. The summed E-state index contributed by atoms with van der Waals surface area (Å²) in [6, 6.07) is 1.42. The fourth-order valence-corrected chi connectivity index (χ4v) is 4.48. The maximum atomic E-state index is 15.3. The van der Waals surface area contributed by atoms with Gasteiger partial charge in [-0.25, -0.2) is 31.6 Å². The number of hydrogen-bond acceptors (Lipinski definition) is 6. The molecule has 36 heavy (non-hydrogen) atoms. The van der Waals surface area contributed by atoms with E-state index in [1.807, 2.05) is 0 Å². The number of aliphatic carboxylic acids is 1. The highest BCUT2D eigenvalue weighted by Crippen LogP contribution is 2.41. The van der Waals surface area contributed by atoms with Gasteiger partial charge in [-0.05, 0) is 36.9 Å². The number of hydrogen-bond donors (Lipinski definition) is 3. The number of benzene rings is 1. The third-order valence-electron chi connectivity index (χ3n) is 6.41. The second-order valence-electron chi connectivity index (χ2n) is 8.85. The lowest BCUT2D eigenvalue weighted by molar-refractivity contribution is -0.140. The van der Waals surface area contributed by atoms with Crippen molar-refractivity contribution in [3.05, 3.63) is 40.7 Å². The molecule has 14 heteroatoms. The molecule has 4 rings (SSSR count). The van der Waals surface area contributed by atoms with Crippen molar-refractivity contribution in [1.29, 1.82) is 0 Å². The number of carboxylic acids is 1. The number of aromatic amines is 1. The molecule has 1 unspecified atom stereocenters. The van der Waals surface area contributed by atoms with E-state index in [1.165, 1.54) is 13.0 Å². The molecule has 9 nitrogen and oxygen atoms in total. The Balaban J connectivity index is 1.72. The van der Waals surface area contributed by atoms with Crippen LogP contribution >= 0.6 is 0 Å². The minimum Gasteiger partial charge on any atom is -0.481 e. The van der Waals surface area contributed by atoms with Crippen LogP contribution in [-0.2, 0) is 4.79 Å². The third kappa shape index (κ3) is 5.16. The smallest absolute Gasteiger partial charge is 0.311 e. The molecule has 0 saturated heterocycles. The van der Waals surface area contributed by atoms with Crippen molar-refractivity contribution in [2.45, 2.75) is 63.3 Å². The fourth-order valence-electron chi connectivity index (χ4n) is 4.48. The topological polar surface area (TPSA) is 134 Å². The molecule has 3 N–H and O–H groups in total. The van der Waals surface area contributed by atoms with Crippen LogP contribution in [0.25, 0.3) is 11.0 Å². The molecule has 3 aromatic rings. The Morgan fingerprint density at radius 3 is 2.53 bits per heavy atom. The second kappa shape index (κ2) is 9.82. The maximum absolute atomic E-state index is 15.3. The SMILES string of the molecule is Cc1nonc1C(=O)N[C@H](c1nc2c(F)c(C(CC(F)F)C(=O)O)ccc2[nH]1)C1CCC(F)(F)CC1. The van der Waals surface area contributed by atoms with Gasteiger partial charge in [-0.3, -0.25) is 9.59 Å². The predicted octanol–water partition coefficient (Wildman–Crippen LogP) is 4.51. The van der Waals surface area contributed by atoms with Crippen LogP contribution in [0.2, 0.25) is 0 Å². The van der Waals surface area contributed by atoms with Crippen molar-refractivity contribution in [3.8, 4) is 0 Å². The minimum atomic E-state index is -2.98. The number of amides is 1. The van der Waals surface area contributed by atoms with E-state index in [-0.39, 0.29) is 41.1 Å². The van der Waals surface area contributed by atoms with E-state index < -0.39 is 72.7 Å². The van der Waals surface area contributed by atoms with Crippen molar-refractivity contribution >= 4 is 22.9 Å². The second-order valence-corrected chi connectivity index (χ2v) is 8.85. The summed E-state index contributed by atoms with van der Waals surface area (Å²) in [5, 5.41) is 19.1. The highest BCUT2D eigenvalue weighted by molar-refractivity contribution is 5.93. The number of H-pyrrole nitrogens is 1. The quantitative estimate of drug-likeness (QED) is 0.376. The summed E-state index contributed by atoms with van der Waals surface area (Å²) >= 11 is 0. The lowest BCUT2D eigenvalue weighted by atomic mass is 9.81. The van der Waals surface area contributed by atoms with Crippen molar-refractivity contribution in [3.63, 3.8) is 0 Å². The monoisotopic (exact) mass is 515 g/mol. The maximum Gasteiger partial charge on any atom is 0.311 e. The number of halogens is 5. The molecule has 1 aliphatic rings. The van der Waals surface area contributed by atoms with Gasteiger partial charge in [0.2, 0.25) is 12.3 Å². The van der Waals surface area contributed by atoms with Gasteiger partial charge in [0, 0.05) is 24.8 Å². The Morgan fingerprint density at radius 1 is 1.25 bits per heavy atom. The molecule has 2 atom stereocenters. The lowest BCUT2D eigenvalue weighted by Gasteiger charge is -2.33. The number of alkyl halides is 4. The molecular weight excluding hydrogens is 493 g/mol. The van der Waals surface area contributed by atoms with E-state index in [4.69, 9.17) is 0 Å². The zero-order chi connectivity index (χ0) is 26.2. The van der Waals surface area contributed by atoms with Gasteiger partial charge in [0.25, 0.3) is 5.91 Å². The van der Waals surface area contributed by atoms with Crippen LogP contribution in [0.1, 0.15) is 71.6 Å². The van der Waals surface area contributed by atoms with Gasteiger partial charge in [0.05, 0.1) is 17.5 Å². The Morgan fingerprint density at radius 2 is 1.94 bits per heavy atom. The highest BCUT2D eigenvalue weighted by Gasteiger charge is 2.40. The van der Waals surface area contributed by atoms with Crippen LogP contribution in [0, 0.1) is 18.7 Å². The Bertz CT molecular complexity index is 1270. The molecule has 0 radical (unpaired) electrons. The summed E-state index contributed by atoms with van der Waals surface area (Å²) in [6.45, 7) is 1.48. The van der Waals surface area contributed by atoms with Crippen LogP contribution in [0.15, 0.2) is 16.8 Å². The minimum absolute atomic E-state index is 0.0360. The van der Waals surface area contributed by atoms with E-state index >= 15 is 4.39 Å². The first-order chi connectivity index (χ1) is 17.0. The van der Waals surface area contributed by atoms with Crippen LogP contribution in [0.5, 0.6) is 0 Å². The van der Waals surface area contributed by atoms with Gasteiger partial charge in [0.15, 0.2) is 11.5 Å². The molecule has 2 aromatic heterocycles. The van der Waals surface area contributed by atoms with Gasteiger partial charge in [-0.2, -0.15) is 0 Å². The number of nitrogens with zero attached hydrogens (tertiary/aromatic N) is 3. The summed E-state index contributed by atoms with van der Waals surface area (Å²) in [7, 11) is 0. The first kappa shape index (κ1) is 25.5. The number of imidazole rings is 1. The molecule has 1 amide bonds. The molecule has 2 heterocycles. The number of carbonyl (C=O) groups excluding carboxylic acids is 1. The van der Waals surface area contributed by atoms with Crippen molar-refractivity contribution in [2.24, 2.45) is 5.92 Å². The lowest BCUT2D eigenvalue weighted by Crippen LogP contribution is -2.38. The van der Waals surface area contributed by atoms with E-state index in [0.29, 0.717) is 0 Å². The first-order valence-electron chi connectivity index (χ1n) is 11.1. The normalized spacial score (nSPS) is 17.9. The molecule has 1 saturated carbocycles. The number of carboxylic acid groups (broad SMARTS) is 1. The number of rotatable bonds is 8. The molecule has 0 spiro atoms. The van der Waals surface area contributed by atoms with E-state index in [9.17, 15) is 32.3 Å². The van der Waals surface area contributed by atoms with Crippen LogP contribution in [-0.4, -0.2) is 49.6 Å². The number of nitrogens with one attached hydrogen (secondary N) is 2. The van der Waals surface area contributed by atoms with Crippen molar-refractivity contribution < 1.29 is 41.3 Å². The summed E-state index contributed by atoms with van der Waals surface area (Å²) in [5.74, 6) is -8.52. The molecule has 1 aliphatic carbocycles. The average Bonchev–Trinajstić information content (AvgIpc) is 3.43. The van der Waals surface area contributed by atoms with Gasteiger partial charge in [-0.1, -0.05) is 11.2 Å². The molecule has 0 aliphatic heterocycles. The Hall–Kier alpha value is -3.58. The molecular formula is C22H22F5N5O4. The van der Waals surface area contributed by atoms with E-state index in [2.05, 4.69) is 30.2 Å². The Kier molecular flexibility index (Phi) is 6.96. The van der Waals surface area contributed by atoms with E-state index in [0.717, 1.165) is 6.07 Å². The summed E-state index contributed by atoms with van der Waals surface area (Å²) < 4.78 is 73.2. The van der Waals surface area contributed by atoms with Gasteiger partial charge >= 0.3 is 5.97 Å². The standard InChI is InChI=1S/C22H22F5N5O4/c1-9-16(32-36-31-9)20(33)30-17(10-4-6-22(26,27)7-5-10)19-28-13-3-2-11(15(25)18(13)29-19)12(21(34)35)8-14(23)24/h2-3,10,12,14,17H,4-8H2,1H3,(H,28,29)(H,30,33)(H,34,35)/t12?,17-/m0/s1. The fraction of sp³-hybridized carbons (Fsp3) is 0.500. The van der Waals surface area contributed by atoms with Crippen LogP contribution < -0.4 is 5.32 Å². The van der Waals surface area contributed by atoms with Gasteiger partial charge < -0.3 is 15.4 Å². The van der Waals surface area contributed by atoms with Gasteiger partial charge in [-0.15, -0.1) is 0 Å². The van der Waals surface area contributed by atoms with Crippen LogP contribution in [0.3, 0.4) is 0 Å². The first-order valence-corrected chi connectivity index (χ1v) is 11.1. The van der Waals surface area contributed by atoms with Gasteiger partial charge in [0.1, 0.15) is 17.0 Å². The zero-order valence-corrected chi connectivity index (χ0v) is 18.9. The third-order valence-corrected chi connectivity index (χ3v) is 6.41. The largest absolute Gasteiger partial charge is 0.481 e. The Labute approximate surface area is 200 Å². The molecule has 194 valence electrons. The number of carbonyl (C=O) groups is 2. The summed E-state index contributed by atoms with van der Waals surface area (Å²) in [4.78, 5) is 31.3. The van der Waals surface area contributed by atoms with Crippen molar-refractivity contribution in [1.82, 2.24) is 25.6 Å². The zero-order valence-electron chi connectivity index (χ0n) is 18.9. The molecule has 1 aromatic carbocycles. The number of fused-ring (bicyclic) bond motifs is 1. The van der Waals surface area contributed by atoms with E-state index in [1.54, 1.807) is 0 Å². The predicted molar refractivity (Wildman–Crippen MR) is 113 cm³/mol. The molecule has 1 fully saturated rings. The van der Waals surface area contributed by atoms with Crippen molar-refractivity contribution in [2.75, 3.05) is 0 Å².